The molecule has 1 unspecified atom stereocenters. The summed E-state index contributed by atoms with van der Waals surface area (Å²) in [6.07, 6.45) is -2.48. The van der Waals surface area contributed by atoms with Gasteiger partial charge in [0, 0.05) is 11.9 Å². The standard InChI is InChI=1S/C21H21ClF3N3O/c1-4-12(3)14-8-6-7-9-17(14)27-20(29)18-16(5-2)26-19-15(22)10-13(11-28(18)19)21(23,24)25/h6-12H,4-5H2,1-3H3,(H,27,29). The molecule has 1 atom stereocenters. The number of aryl methyl sites for hydroxylation is 1. The summed E-state index contributed by atoms with van der Waals surface area (Å²) in [4.78, 5) is 17.4. The lowest BCUT2D eigenvalue weighted by atomic mass is 9.97. The van der Waals surface area contributed by atoms with Gasteiger partial charge in [-0.05, 0) is 36.5 Å². The summed E-state index contributed by atoms with van der Waals surface area (Å²) in [5, 5.41) is 2.69. The first-order valence-electron chi connectivity index (χ1n) is 9.35. The largest absolute Gasteiger partial charge is 0.417 e. The molecular weight excluding hydrogens is 403 g/mol. The monoisotopic (exact) mass is 423 g/mol. The maximum absolute atomic E-state index is 13.3. The second-order valence-electron chi connectivity index (χ2n) is 6.88. The Labute approximate surface area is 171 Å². The zero-order chi connectivity index (χ0) is 21.3. The highest BCUT2D eigenvalue weighted by molar-refractivity contribution is 6.33. The second-order valence-corrected chi connectivity index (χ2v) is 7.29. The Morgan fingerprint density at radius 1 is 1.28 bits per heavy atom. The van der Waals surface area contributed by atoms with E-state index in [1.165, 1.54) is 0 Å². The molecule has 0 bridgehead atoms. The van der Waals surface area contributed by atoms with Crippen molar-refractivity contribution >= 4 is 28.8 Å². The minimum Gasteiger partial charge on any atom is -0.320 e. The lowest BCUT2D eigenvalue weighted by Gasteiger charge is -2.16. The molecule has 0 saturated heterocycles. The number of halogens is 4. The number of carbonyl (C=O) groups is 1. The zero-order valence-corrected chi connectivity index (χ0v) is 17.0. The van der Waals surface area contributed by atoms with Crippen LogP contribution >= 0.6 is 11.6 Å². The molecule has 8 heteroatoms. The van der Waals surface area contributed by atoms with Gasteiger partial charge in [0.2, 0.25) is 0 Å². The molecule has 1 aromatic carbocycles. The first-order valence-corrected chi connectivity index (χ1v) is 9.73. The molecule has 0 saturated carbocycles. The van der Waals surface area contributed by atoms with Crippen LogP contribution in [0.4, 0.5) is 18.9 Å². The number of para-hydroxylation sites is 1. The van der Waals surface area contributed by atoms with Gasteiger partial charge in [-0.25, -0.2) is 4.98 Å². The number of fused-ring (bicyclic) bond motifs is 1. The topological polar surface area (TPSA) is 46.4 Å². The number of alkyl halides is 3. The molecule has 1 amide bonds. The van der Waals surface area contributed by atoms with Crippen LogP contribution in [0, 0.1) is 0 Å². The highest BCUT2D eigenvalue weighted by Crippen LogP contribution is 2.33. The number of imidazole rings is 1. The Bertz CT molecular complexity index is 1060. The van der Waals surface area contributed by atoms with Crippen molar-refractivity contribution in [2.75, 3.05) is 5.32 Å². The average Bonchev–Trinajstić information content (AvgIpc) is 3.06. The van der Waals surface area contributed by atoms with Crippen LogP contribution < -0.4 is 5.32 Å². The van der Waals surface area contributed by atoms with Crippen molar-refractivity contribution in [2.45, 2.75) is 45.7 Å². The molecule has 0 fully saturated rings. The van der Waals surface area contributed by atoms with E-state index in [1.807, 2.05) is 26.0 Å². The van der Waals surface area contributed by atoms with E-state index in [9.17, 15) is 18.0 Å². The third kappa shape index (κ3) is 4.10. The first-order chi connectivity index (χ1) is 13.7. The number of rotatable bonds is 5. The number of benzene rings is 1. The average molecular weight is 424 g/mol. The summed E-state index contributed by atoms with van der Waals surface area (Å²) in [6, 6.07) is 8.22. The summed E-state index contributed by atoms with van der Waals surface area (Å²) in [5.41, 5.74) is 1.20. The van der Waals surface area contributed by atoms with Gasteiger partial charge >= 0.3 is 6.18 Å². The van der Waals surface area contributed by atoms with Gasteiger partial charge in [0.05, 0.1) is 16.3 Å². The normalized spacial score (nSPS) is 12.9. The van der Waals surface area contributed by atoms with Gasteiger partial charge in [-0.15, -0.1) is 0 Å². The molecule has 0 aliphatic heterocycles. The van der Waals surface area contributed by atoms with Gasteiger partial charge in [-0.1, -0.05) is 50.6 Å². The van der Waals surface area contributed by atoms with E-state index in [-0.39, 0.29) is 22.3 Å². The van der Waals surface area contributed by atoms with Crippen LogP contribution in [0.5, 0.6) is 0 Å². The number of pyridine rings is 1. The molecule has 0 spiro atoms. The van der Waals surface area contributed by atoms with Crippen LogP contribution in [0.2, 0.25) is 5.02 Å². The Morgan fingerprint density at radius 2 is 1.97 bits per heavy atom. The lowest BCUT2D eigenvalue weighted by Crippen LogP contribution is -2.18. The first kappa shape index (κ1) is 21.2. The fourth-order valence-corrected chi connectivity index (χ4v) is 3.49. The van der Waals surface area contributed by atoms with Crippen molar-refractivity contribution in [1.29, 1.82) is 0 Å². The molecule has 2 heterocycles. The van der Waals surface area contributed by atoms with Crippen LogP contribution in [0.1, 0.15) is 60.4 Å². The van der Waals surface area contributed by atoms with Crippen LogP contribution in [-0.4, -0.2) is 15.3 Å². The van der Waals surface area contributed by atoms with Crippen LogP contribution in [0.25, 0.3) is 5.65 Å². The van der Waals surface area contributed by atoms with E-state index < -0.39 is 17.6 Å². The number of nitrogens with zero attached hydrogens (tertiary/aromatic N) is 2. The van der Waals surface area contributed by atoms with Gasteiger partial charge in [0.1, 0.15) is 5.69 Å². The minimum atomic E-state index is -4.59. The van der Waals surface area contributed by atoms with Crippen molar-refractivity contribution in [3.8, 4) is 0 Å². The van der Waals surface area contributed by atoms with Crippen molar-refractivity contribution < 1.29 is 18.0 Å². The molecule has 0 aliphatic carbocycles. The number of carbonyl (C=O) groups excluding carboxylic acids is 1. The predicted octanol–water partition coefficient (Wildman–Crippen LogP) is 6.33. The summed E-state index contributed by atoms with van der Waals surface area (Å²) in [6.45, 7) is 5.87. The highest BCUT2D eigenvalue weighted by atomic mass is 35.5. The van der Waals surface area contributed by atoms with Gasteiger partial charge < -0.3 is 5.32 Å². The van der Waals surface area contributed by atoms with Crippen molar-refractivity contribution in [1.82, 2.24) is 9.38 Å². The minimum absolute atomic E-state index is 0.0504. The van der Waals surface area contributed by atoms with E-state index in [4.69, 9.17) is 11.6 Å². The maximum atomic E-state index is 13.3. The smallest absolute Gasteiger partial charge is 0.320 e. The Balaban J connectivity index is 2.12. The lowest BCUT2D eigenvalue weighted by molar-refractivity contribution is -0.137. The number of nitrogens with one attached hydrogen (secondary N) is 1. The van der Waals surface area contributed by atoms with Crippen molar-refractivity contribution in [2.24, 2.45) is 0 Å². The number of amides is 1. The third-order valence-electron chi connectivity index (χ3n) is 4.98. The molecule has 1 N–H and O–H groups in total. The summed E-state index contributed by atoms with van der Waals surface area (Å²) in [7, 11) is 0. The molecule has 4 nitrogen and oxygen atoms in total. The number of hydrogen-bond acceptors (Lipinski definition) is 2. The van der Waals surface area contributed by atoms with Gasteiger partial charge in [-0.2, -0.15) is 13.2 Å². The molecule has 3 aromatic rings. The summed E-state index contributed by atoms with van der Waals surface area (Å²) < 4.78 is 40.9. The summed E-state index contributed by atoms with van der Waals surface area (Å²) in [5.74, 6) is -0.314. The Hall–Kier alpha value is -2.54. The number of hydrogen-bond donors (Lipinski definition) is 1. The van der Waals surface area contributed by atoms with Gasteiger partial charge in [0.15, 0.2) is 5.65 Å². The van der Waals surface area contributed by atoms with E-state index in [0.29, 0.717) is 17.8 Å². The molecule has 154 valence electrons. The predicted molar refractivity (Wildman–Crippen MR) is 108 cm³/mol. The van der Waals surface area contributed by atoms with E-state index in [1.54, 1.807) is 19.1 Å². The summed E-state index contributed by atoms with van der Waals surface area (Å²) >= 11 is 6.05. The molecular formula is C21H21ClF3N3O. The van der Waals surface area contributed by atoms with Crippen LogP contribution in [-0.2, 0) is 12.6 Å². The van der Waals surface area contributed by atoms with E-state index >= 15 is 0 Å². The fourth-order valence-electron chi connectivity index (χ4n) is 3.24. The third-order valence-corrected chi connectivity index (χ3v) is 5.26. The molecule has 0 radical (unpaired) electrons. The molecule has 3 rings (SSSR count). The quantitative estimate of drug-likeness (QED) is 0.520. The van der Waals surface area contributed by atoms with Crippen molar-refractivity contribution in [3.05, 3.63) is 64.1 Å². The number of anilines is 1. The van der Waals surface area contributed by atoms with E-state index in [2.05, 4.69) is 10.3 Å². The van der Waals surface area contributed by atoms with Gasteiger partial charge in [0.25, 0.3) is 5.91 Å². The highest BCUT2D eigenvalue weighted by Gasteiger charge is 2.33. The number of aromatic nitrogens is 2. The molecule has 0 aliphatic rings. The molecule has 2 aromatic heterocycles. The SMILES string of the molecule is CCc1nc2c(Cl)cc(C(F)(F)F)cn2c1C(=O)Nc1ccccc1C(C)CC. The maximum Gasteiger partial charge on any atom is 0.417 e. The Kier molecular flexibility index (Phi) is 5.89. The van der Waals surface area contributed by atoms with E-state index in [0.717, 1.165) is 28.6 Å². The van der Waals surface area contributed by atoms with Crippen LogP contribution in [0.15, 0.2) is 36.5 Å². The van der Waals surface area contributed by atoms with Crippen molar-refractivity contribution in [3.63, 3.8) is 0 Å². The van der Waals surface area contributed by atoms with Gasteiger partial charge in [-0.3, -0.25) is 9.20 Å². The van der Waals surface area contributed by atoms with Crippen LogP contribution in [0.3, 0.4) is 0 Å². The zero-order valence-electron chi connectivity index (χ0n) is 16.3. The molecule has 29 heavy (non-hydrogen) atoms. The Morgan fingerprint density at radius 3 is 2.59 bits per heavy atom. The second kappa shape index (κ2) is 8.06. The fraction of sp³-hybridized carbons (Fsp3) is 0.333.